The van der Waals surface area contributed by atoms with Crippen LogP contribution in [0.15, 0.2) is 24.9 Å². The molecule has 166 valence electrons. The van der Waals surface area contributed by atoms with Crippen molar-refractivity contribution in [3.63, 3.8) is 0 Å². The number of anilines is 1. The number of hydrogen-bond acceptors (Lipinski definition) is 8. The van der Waals surface area contributed by atoms with E-state index in [0.29, 0.717) is 30.9 Å². The van der Waals surface area contributed by atoms with Gasteiger partial charge in [0, 0.05) is 44.6 Å². The van der Waals surface area contributed by atoms with E-state index >= 15 is 0 Å². The molecule has 10 nitrogen and oxygen atoms in total. The molecule has 0 aromatic carbocycles. The number of nitrogens with zero attached hydrogens (tertiary/aromatic N) is 6. The van der Waals surface area contributed by atoms with Crippen molar-refractivity contribution in [2.75, 3.05) is 44.3 Å². The van der Waals surface area contributed by atoms with Crippen molar-refractivity contribution in [1.82, 2.24) is 35.4 Å². The molecular formula is C21H30N8O2. The number of piperidine rings is 1. The lowest BCUT2D eigenvalue weighted by Gasteiger charge is -2.53. The van der Waals surface area contributed by atoms with E-state index in [0.717, 1.165) is 64.3 Å². The lowest BCUT2D eigenvalue weighted by molar-refractivity contribution is -0.139. The van der Waals surface area contributed by atoms with E-state index in [1.165, 1.54) is 6.33 Å². The van der Waals surface area contributed by atoms with Gasteiger partial charge in [-0.1, -0.05) is 0 Å². The van der Waals surface area contributed by atoms with Gasteiger partial charge in [-0.2, -0.15) is 5.10 Å². The predicted octanol–water partition coefficient (Wildman–Crippen LogP) is 0.609. The van der Waals surface area contributed by atoms with Gasteiger partial charge >= 0.3 is 0 Å². The van der Waals surface area contributed by atoms with Crippen molar-refractivity contribution in [2.45, 2.75) is 38.3 Å². The SMILES string of the molecule is O=C(NCc1ncn[nH]1)[C@@]12CC[C@H](N3CCOCC3)C[C@H]1CCN(c1cnccn1)C2. The molecule has 2 saturated heterocycles. The molecule has 1 aliphatic carbocycles. The molecule has 3 aliphatic rings. The largest absolute Gasteiger partial charge is 0.379 e. The Kier molecular flexibility index (Phi) is 5.82. The fourth-order valence-corrected chi connectivity index (χ4v) is 5.58. The second-order valence-electron chi connectivity index (χ2n) is 8.82. The molecule has 4 heterocycles. The Balaban J connectivity index is 1.35. The van der Waals surface area contributed by atoms with E-state index in [-0.39, 0.29) is 5.91 Å². The average Bonchev–Trinajstić information content (AvgIpc) is 3.36. The first-order chi connectivity index (χ1) is 15.2. The number of H-pyrrole nitrogens is 1. The number of carbonyl (C=O) groups is 1. The Morgan fingerprint density at radius 2 is 2.13 bits per heavy atom. The molecule has 0 bridgehead atoms. The van der Waals surface area contributed by atoms with Gasteiger partial charge in [0.1, 0.15) is 18.0 Å². The number of carbonyl (C=O) groups excluding carboxylic acids is 1. The van der Waals surface area contributed by atoms with Crippen LogP contribution in [0.2, 0.25) is 0 Å². The zero-order chi connectivity index (χ0) is 21.1. The maximum atomic E-state index is 13.6. The quantitative estimate of drug-likeness (QED) is 0.715. The number of fused-ring (bicyclic) bond motifs is 1. The highest BCUT2D eigenvalue weighted by Gasteiger charge is 2.52. The Hall–Kier alpha value is -2.59. The molecule has 2 N–H and O–H groups in total. The zero-order valence-corrected chi connectivity index (χ0v) is 17.7. The van der Waals surface area contributed by atoms with E-state index in [1.54, 1.807) is 18.6 Å². The summed E-state index contributed by atoms with van der Waals surface area (Å²) in [6.07, 6.45) is 10.6. The van der Waals surface area contributed by atoms with Crippen LogP contribution in [0.25, 0.3) is 0 Å². The number of amides is 1. The fourth-order valence-electron chi connectivity index (χ4n) is 5.58. The van der Waals surface area contributed by atoms with Crippen LogP contribution in [-0.2, 0) is 16.1 Å². The third-order valence-electron chi connectivity index (χ3n) is 7.25. The van der Waals surface area contributed by atoms with E-state index < -0.39 is 5.41 Å². The molecule has 2 aliphatic heterocycles. The van der Waals surface area contributed by atoms with Gasteiger partial charge in [0.25, 0.3) is 0 Å². The Morgan fingerprint density at radius 1 is 1.23 bits per heavy atom. The van der Waals surface area contributed by atoms with Crippen LogP contribution in [0.1, 0.15) is 31.5 Å². The third-order valence-corrected chi connectivity index (χ3v) is 7.25. The van der Waals surface area contributed by atoms with Crippen molar-refractivity contribution < 1.29 is 9.53 Å². The molecule has 31 heavy (non-hydrogen) atoms. The molecule has 0 unspecified atom stereocenters. The van der Waals surface area contributed by atoms with E-state index in [2.05, 4.69) is 40.3 Å². The topological polar surface area (TPSA) is 112 Å². The number of aromatic nitrogens is 5. The highest BCUT2D eigenvalue weighted by molar-refractivity contribution is 5.84. The number of nitrogens with one attached hydrogen (secondary N) is 2. The van der Waals surface area contributed by atoms with Gasteiger partial charge in [0.2, 0.25) is 5.91 Å². The number of rotatable bonds is 5. The summed E-state index contributed by atoms with van der Waals surface area (Å²) >= 11 is 0. The van der Waals surface area contributed by atoms with E-state index in [9.17, 15) is 4.79 Å². The summed E-state index contributed by atoms with van der Waals surface area (Å²) in [5, 5.41) is 9.85. The Bertz CT molecular complexity index is 858. The minimum Gasteiger partial charge on any atom is -0.379 e. The molecule has 3 fully saturated rings. The summed E-state index contributed by atoms with van der Waals surface area (Å²) in [4.78, 5) is 31.3. The van der Waals surface area contributed by atoms with Gasteiger partial charge in [-0.25, -0.2) is 9.97 Å². The molecule has 0 radical (unpaired) electrons. The van der Waals surface area contributed by atoms with Gasteiger partial charge < -0.3 is 15.0 Å². The summed E-state index contributed by atoms with van der Waals surface area (Å²) in [7, 11) is 0. The minimum absolute atomic E-state index is 0.114. The molecule has 2 aromatic rings. The summed E-state index contributed by atoms with van der Waals surface area (Å²) in [5.74, 6) is 1.98. The van der Waals surface area contributed by atoms with Crippen LogP contribution in [0, 0.1) is 11.3 Å². The number of ether oxygens (including phenoxy) is 1. The van der Waals surface area contributed by atoms with Crippen molar-refractivity contribution in [3.05, 3.63) is 30.7 Å². The van der Waals surface area contributed by atoms with Crippen LogP contribution in [0.5, 0.6) is 0 Å². The fraction of sp³-hybridized carbons (Fsp3) is 0.667. The molecule has 3 atom stereocenters. The van der Waals surface area contributed by atoms with Gasteiger partial charge in [-0.3, -0.25) is 19.8 Å². The Labute approximate surface area is 181 Å². The summed E-state index contributed by atoms with van der Waals surface area (Å²) in [6.45, 7) is 5.55. The van der Waals surface area contributed by atoms with Gasteiger partial charge in [0.05, 0.1) is 31.4 Å². The standard InChI is InChI=1S/C21H30N8O2/c30-20(24-12-18-25-15-26-27-18)21-3-1-17(28-7-9-31-10-8-28)11-16(21)2-6-29(14-21)19-13-22-4-5-23-19/h4-5,13,15-17H,1-3,6-12,14H2,(H,24,30)(H,25,26,27)/t16-,17+,21-/m1/s1. The number of hydrogen-bond donors (Lipinski definition) is 2. The van der Waals surface area contributed by atoms with Gasteiger partial charge in [-0.15, -0.1) is 0 Å². The molecule has 1 amide bonds. The van der Waals surface area contributed by atoms with Crippen molar-refractivity contribution in [3.8, 4) is 0 Å². The van der Waals surface area contributed by atoms with E-state index in [1.807, 2.05) is 0 Å². The van der Waals surface area contributed by atoms with Crippen LogP contribution in [-0.4, -0.2) is 81.4 Å². The summed E-state index contributed by atoms with van der Waals surface area (Å²) in [5.41, 5.74) is -0.432. The highest BCUT2D eigenvalue weighted by Crippen LogP contribution is 2.48. The number of morpholine rings is 1. The van der Waals surface area contributed by atoms with Crippen LogP contribution in [0.4, 0.5) is 5.82 Å². The van der Waals surface area contributed by atoms with Crippen LogP contribution in [0.3, 0.4) is 0 Å². The van der Waals surface area contributed by atoms with E-state index in [4.69, 9.17) is 4.74 Å². The normalized spacial score (nSPS) is 29.4. The molecular weight excluding hydrogens is 396 g/mol. The molecule has 5 rings (SSSR count). The predicted molar refractivity (Wildman–Crippen MR) is 113 cm³/mol. The van der Waals surface area contributed by atoms with Crippen molar-refractivity contribution in [1.29, 1.82) is 0 Å². The van der Waals surface area contributed by atoms with Gasteiger partial charge in [0.15, 0.2) is 0 Å². The van der Waals surface area contributed by atoms with Crippen molar-refractivity contribution >= 4 is 11.7 Å². The second kappa shape index (κ2) is 8.88. The van der Waals surface area contributed by atoms with Crippen LogP contribution < -0.4 is 10.2 Å². The minimum atomic E-state index is -0.432. The Morgan fingerprint density at radius 3 is 2.90 bits per heavy atom. The lowest BCUT2D eigenvalue weighted by Crippen LogP contribution is -2.61. The second-order valence-corrected chi connectivity index (χ2v) is 8.82. The lowest BCUT2D eigenvalue weighted by atomic mass is 9.61. The maximum Gasteiger partial charge on any atom is 0.228 e. The first-order valence-corrected chi connectivity index (χ1v) is 11.2. The van der Waals surface area contributed by atoms with Crippen molar-refractivity contribution in [2.24, 2.45) is 11.3 Å². The highest BCUT2D eigenvalue weighted by atomic mass is 16.5. The molecule has 10 heteroatoms. The summed E-state index contributed by atoms with van der Waals surface area (Å²) in [6, 6.07) is 0.534. The summed E-state index contributed by atoms with van der Waals surface area (Å²) < 4.78 is 5.55. The molecule has 1 saturated carbocycles. The van der Waals surface area contributed by atoms with Gasteiger partial charge in [-0.05, 0) is 31.6 Å². The molecule has 0 spiro atoms. The number of aromatic amines is 1. The van der Waals surface area contributed by atoms with Crippen LogP contribution >= 0.6 is 0 Å². The molecule has 2 aromatic heterocycles. The third kappa shape index (κ3) is 4.14. The first-order valence-electron chi connectivity index (χ1n) is 11.2. The monoisotopic (exact) mass is 426 g/mol. The smallest absolute Gasteiger partial charge is 0.228 e. The maximum absolute atomic E-state index is 13.6. The average molecular weight is 427 g/mol. The zero-order valence-electron chi connectivity index (χ0n) is 17.7. The first kappa shape index (κ1) is 20.3.